The molecule has 0 bridgehead atoms. The molecule has 3 nitrogen and oxygen atoms in total. The summed E-state index contributed by atoms with van der Waals surface area (Å²) in [6, 6.07) is 1.99. The second-order valence-electron chi connectivity index (χ2n) is 2.50. The third-order valence-corrected chi connectivity index (χ3v) is 1.53. The summed E-state index contributed by atoms with van der Waals surface area (Å²) >= 11 is 0. The summed E-state index contributed by atoms with van der Waals surface area (Å²) in [7, 11) is 0. The number of phenolic OH excluding ortho intramolecular Hbond substituents is 2. The van der Waals surface area contributed by atoms with E-state index in [0.29, 0.717) is 12.1 Å². The minimum Gasteiger partial charge on any atom is -0.507 e. The summed E-state index contributed by atoms with van der Waals surface area (Å²) in [5.74, 6) is -1.56. The summed E-state index contributed by atoms with van der Waals surface area (Å²) in [6.07, 6.45) is 3.10. The van der Waals surface area contributed by atoms with Crippen LogP contribution in [0.1, 0.15) is 5.56 Å². The van der Waals surface area contributed by atoms with Crippen LogP contribution in [-0.2, 0) is 0 Å². The van der Waals surface area contributed by atoms with Crippen LogP contribution in [-0.4, -0.2) is 16.8 Å². The molecular formula is C9H10FNO2. The minimum atomic E-state index is -0.845. The van der Waals surface area contributed by atoms with Gasteiger partial charge in [0.05, 0.1) is 0 Å². The van der Waals surface area contributed by atoms with E-state index in [0.717, 1.165) is 12.1 Å². The van der Waals surface area contributed by atoms with Gasteiger partial charge in [-0.15, -0.1) is 0 Å². The van der Waals surface area contributed by atoms with Crippen molar-refractivity contribution in [3.8, 4) is 11.5 Å². The molecule has 0 unspecified atom stereocenters. The number of nitrogens with two attached hydrogens (primary N) is 1. The number of phenols is 2. The van der Waals surface area contributed by atoms with Crippen LogP contribution in [0.3, 0.4) is 0 Å². The molecule has 70 valence electrons. The molecule has 4 N–H and O–H groups in total. The smallest absolute Gasteiger partial charge is 0.168 e. The number of hydrogen-bond donors (Lipinski definition) is 3. The second kappa shape index (κ2) is 3.91. The molecule has 0 atom stereocenters. The van der Waals surface area contributed by atoms with Crippen molar-refractivity contribution in [3.05, 3.63) is 29.6 Å². The van der Waals surface area contributed by atoms with Crippen molar-refractivity contribution in [1.29, 1.82) is 0 Å². The van der Waals surface area contributed by atoms with E-state index in [1.54, 1.807) is 6.08 Å². The molecule has 1 rings (SSSR count). The lowest BCUT2D eigenvalue weighted by Crippen LogP contribution is -1.92. The topological polar surface area (TPSA) is 66.5 Å². The van der Waals surface area contributed by atoms with Gasteiger partial charge in [-0.3, -0.25) is 0 Å². The molecule has 0 aromatic heterocycles. The Labute approximate surface area is 74.9 Å². The van der Waals surface area contributed by atoms with Gasteiger partial charge >= 0.3 is 0 Å². The van der Waals surface area contributed by atoms with Crippen LogP contribution < -0.4 is 5.73 Å². The zero-order chi connectivity index (χ0) is 9.84. The van der Waals surface area contributed by atoms with Crippen molar-refractivity contribution >= 4 is 6.08 Å². The van der Waals surface area contributed by atoms with Crippen LogP contribution >= 0.6 is 0 Å². The Morgan fingerprint density at radius 3 is 2.62 bits per heavy atom. The predicted molar refractivity (Wildman–Crippen MR) is 47.8 cm³/mol. The third-order valence-electron chi connectivity index (χ3n) is 1.53. The largest absolute Gasteiger partial charge is 0.507 e. The Hall–Kier alpha value is -1.55. The maximum atomic E-state index is 12.6. The highest BCUT2D eigenvalue weighted by Gasteiger charge is 2.05. The highest BCUT2D eigenvalue weighted by Crippen LogP contribution is 2.26. The fourth-order valence-corrected chi connectivity index (χ4v) is 0.896. The van der Waals surface area contributed by atoms with Crippen molar-refractivity contribution in [2.75, 3.05) is 6.54 Å². The van der Waals surface area contributed by atoms with E-state index >= 15 is 0 Å². The van der Waals surface area contributed by atoms with Gasteiger partial charge in [0.1, 0.15) is 5.75 Å². The Morgan fingerprint density at radius 1 is 1.31 bits per heavy atom. The maximum absolute atomic E-state index is 12.6. The first-order valence-corrected chi connectivity index (χ1v) is 3.73. The van der Waals surface area contributed by atoms with Crippen molar-refractivity contribution in [3.63, 3.8) is 0 Å². The van der Waals surface area contributed by atoms with Crippen LogP contribution in [0, 0.1) is 5.82 Å². The standard InChI is InChI=1S/C9H10FNO2/c10-7-5-8(12)6(2-1-3-11)4-9(7)13/h1-2,4-5,12-13H,3,11H2/b2-1+. The number of benzene rings is 1. The first kappa shape index (κ1) is 9.54. The van der Waals surface area contributed by atoms with Crippen LogP contribution in [0.25, 0.3) is 6.08 Å². The molecule has 0 radical (unpaired) electrons. The first-order valence-electron chi connectivity index (χ1n) is 3.73. The van der Waals surface area contributed by atoms with E-state index in [1.807, 2.05) is 0 Å². The molecule has 0 aliphatic heterocycles. The van der Waals surface area contributed by atoms with Crippen molar-refractivity contribution in [2.45, 2.75) is 0 Å². The second-order valence-corrected chi connectivity index (χ2v) is 2.50. The van der Waals surface area contributed by atoms with Crippen molar-refractivity contribution < 1.29 is 14.6 Å². The lowest BCUT2D eigenvalue weighted by molar-refractivity contribution is 0.421. The molecule has 0 saturated heterocycles. The fourth-order valence-electron chi connectivity index (χ4n) is 0.896. The molecule has 1 aromatic rings. The summed E-state index contributed by atoms with van der Waals surface area (Å²) in [5.41, 5.74) is 5.53. The lowest BCUT2D eigenvalue weighted by atomic mass is 10.1. The molecule has 4 heteroatoms. The van der Waals surface area contributed by atoms with Crippen LogP contribution in [0.5, 0.6) is 11.5 Å². The fraction of sp³-hybridized carbons (Fsp3) is 0.111. The van der Waals surface area contributed by atoms with Gasteiger partial charge < -0.3 is 15.9 Å². The molecule has 1 aromatic carbocycles. The van der Waals surface area contributed by atoms with Crippen LogP contribution in [0.2, 0.25) is 0 Å². The summed E-state index contributed by atoms with van der Waals surface area (Å²) in [6.45, 7) is 0.317. The van der Waals surface area contributed by atoms with Crippen LogP contribution in [0.15, 0.2) is 18.2 Å². The Kier molecular flexibility index (Phi) is 2.87. The lowest BCUT2D eigenvalue weighted by Gasteiger charge is -2.00. The Morgan fingerprint density at radius 2 is 2.00 bits per heavy atom. The molecule has 13 heavy (non-hydrogen) atoms. The van der Waals surface area contributed by atoms with Gasteiger partial charge in [-0.2, -0.15) is 0 Å². The predicted octanol–water partition coefficient (Wildman–Crippen LogP) is 1.21. The van der Waals surface area contributed by atoms with Gasteiger partial charge in [-0.25, -0.2) is 4.39 Å². The molecule has 0 fully saturated rings. The molecule has 0 amide bonds. The van der Waals surface area contributed by atoms with Crippen molar-refractivity contribution in [1.82, 2.24) is 0 Å². The Balaban J connectivity index is 3.08. The minimum absolute atomic E-state index is 0.222. The van der Waals surface area contributed by atoms with Gasteiger partial charge in [0.15, 0.2) is 11.6 Å². The highest BCUT2D eigenvalue weighted by molar-refractivity contribution is 5.59. The van der Waals surface area contributed by atoms with Gasteiger partial charge in [-0.1, -0.05) is 12.2 Å². The number of hydrogen-bond acceptors (Lipinski definition) is 3. The van der Waals surface area contributed by atoms with Crippen LogP contribution in [0.4, 0.5) is 4.39 Å². The van der Waals surface area contributed by atoms with Crippen molar-refractivity contribution in [2.24, 2.45) is 5.73 Å². The van der Waals surface area contributed by atoms with Gasteiger partial charge in [0, 0.05) is 18.2 Å². The zero-order valence-corrected chi connectivity index (χ0v) is 6.87. The zero-order valence-electron chi connectivity index (χ0n) is 6.87. The summed E-state index contributed by atoms with van der Waals surface area (Å²) in [5, 5.41) is 18.2. The van der Waals surface area contributed by atoms with Gasteiger partial charge in [0.25, 0.3) is 0 Å². The average Bonchev–Trinajstić information content (AvgIpc) is 2.09. The monoisotopic (exact) mass is 183 g/mol. The first-order chi connectivity index (χ1) is 6.15. The average molecular weight is 183 g/mol. The van der Waals surface area contributed by atoms with E-state index in [4.69, 9.17) is 10.8 Å². The van der Waals surface area contributed by atoms with E-state index < -0.39 is 11.6 Å². The number of rotatable bonds is 2. The Bertz CT molecular complexity index is 337. The number of halogens is 1. The molecule has 0 saturated carbocycles. The number of aromatic hydroxyl groups is 2. The highest BCUT2D eigenvalue weighted by atomic mass is 19.1. The molecule has 0 spiro atoms. The maximum Gasteiger partial charge on any atom is 0.168 e. The van der Waals surface area contributed by atoms with E-state index in [-0.39, 0.29) is 5.75 Å². The summed E-state index contributed by atoms with van der Waals surface area (Å²) < 4.78 is 12.6. The quantitative estimate of drug-likeness (QED) is 0.604. The third kappa shape index (κ3) is 2.19. The normalized spacial score (nSPS) is 10.9. The molecular weight excluding hydrogens is 173 g/mol. The van der Waals surface area contributed by atoms with E-state index in [1.165, 1.54) is 6.08 Å². The van der Waals surface area contributed by atoms with Gasteiger partial charge in [0.2, 0.25) is 0 Å². The SMILES string of the molecule is NC/C=C/c1cc(O)c(F)cc1O. The van der Waals surface area contributed by atoms with E-state index in [2.05, 4.69) is 0 Å². The van der Waals surface area contributed by atoms with E-state index in [9.17, 15) is 9.50 Å². The molecule has 0 aliphatic carbocycles. The molecule has 0 aliphatic rings. The summed E-state index contributed by atoms with van der Waals surface area (Å²) in [4.78, 5) is 0. The van der Waals surface area contributed by atoms with Gasteiger partial charge in [-0.05, 0) is 6.07 Å². The molecule has 0 heterocycles.